The molecule has 2 N–H and O–H groups in total. The van der Waals surface area contributed by atoms with Crippen LogP contribution in [0.15, 0.2) is 10.5 Å². The van der Waals surface area contributed by atoms with Crippen molar-refractivity contribution in [3.63, 3.8) is 0 Å². The molecule has 0 saturated heterocycles. The molecule has 0 bridgehead atoms. The van der Waals surface area contributed by atoms with Crippen molar-refractivity contribution in [3.05, 3.63) is 33.6 Å². The second kappa shape index (κ2) is 3.67. The van der Waals surface area contributed by atoms with Crippen molar-refractivity contribution < 1.29 is 13.2 Å². The molecule has 0 aliphatic rings. The number of nitrogens with two attached hydrogens (primary N) is 1. The van der Waals surface area contributed by atoms with Crippen molar-refractivity contribution in [1.29, 1.82) is 0 Å². The van der Waals surface area contributed by atoms with Crippen molar-refractivity contribution in [2.24, 2.45) is 5.73 Å². The zero-order valence-electron chi connectivity index (χ0n) is 6.74. The van der Waals surface area contributed by atoms with Gasteiger partial charge in [-0.05, 0) is 13.0 Å². The fourth-order valence-electron chi connectivity index (χ4n) is 0.998. The minimum atomic E-state index is -1.49. The zero-order chi connectivity index (χ0) is 10.2. The number of halogens is 4. The molecule has 1 unspecified atom stereocenters. The molecular formula is C8H7BrF3N. The maximum atomic E-state index is 13.0. The van der Waals surface area contributed by atoms with Crippen LogP contribution in [-0.4, -0.2) is 0 Å². The van der Waals surface area contributed by atoms with Crippen LogP contribution in [0.25, 0.3) is 0 Å². The molecule has 1 nitrogen and oxygen atoms in total. The topological polar surface area (TPSA) is 26.0 Å². The van der Waals surface area contributed by atoms with Crippen molar-refractivity contribution in [2.45, 2.75) is 13.0 Å². The highest BCUT2D eigenvalue weighted by molar-refractivity contribution is 9.10. The van der Waals surface area contributed by atoms with E-state index in [0.717, 1.165) is 6.07 Å². The average Bonchev–Trinajstić information content (AvgIpc) is 1.99. The van der Waals surface area contributed by atoms with E-state index in [0.29, 0.717) is 0 Å². The quantitative estimate of drug-likeness (QED) is 0.605. The molecule has 1 aromatic rings. The van der Waals surface area contributed by atoms with Gasteiger partial charge in [-0.2, -0.15) is 0 Å². The van der Waals surface area contributed by atoms with Gasteiger partial charge in [0.15, 0.2) is 17.5 Å². The SMILES string of the molecule is CC(N)c1c(Br)cc(F)c(F)c1F. The van der Waals surface area contributed by atoms with Gasteiger partial charge in [-0.15, -0.1) is 0 Å². The number of hydrogen-bond acceptors (Lipinski definition) is 1. The Morgan fingerprint density at radius 2 is 1.85 bits per heavy atom. The lowest BCUT2D eigenvalue weighted by Crippen LogP contribution is -2.10. The molecule has 5 heteroatoms. The fourth-order valence-corrected chi connectivity index (χ4v) is 1.73. The minimum Gasteiger partial charge on any atom is -0.324 e. The first-order valence-electron chi connectivity index (χ1n) is 3.53. The van der Waals surface area contributed by atoms with Crippen LogP contribution in [0.4, 0.5) is 13.2 Å². The standard InChI is InChI=1S/C8H7BrF3N/c1-3(13)6-4(9)2-5(10)7(11)8(6)12/h2-3H,13H2,1H3. The van der Waals surface area contributed by atoms with Crippen LogP contribution in [-0.2, 0) is 0 Å². The summed E-state index contributed by atoms with van der Waals surface area (Å²) in [6, 6.07) is 0.168. The third kappa shape index (κ3) is 1.86. The summed E-state index contributed by atoms with van der Waals surface area (Å²) in [5.41, 5.74) is 5.32. The Balaban J connectivity index is 3.44. The Kier molecular flexibility index (Phi) is 2.98. The van der Waals surface area contributed by atoms with Gasteiger partial charge < -0.3 is 5.73 Å². The Bertz CT molecular complexity index is 339. The highest BCUT2D eigenvalue weighted by Gasteiger charge is 2.19. The smallest absolute Gasteiger partial charge is 0.194 e. The van der Waals surface area contributed by atoms with Crippen LogP contribution < -0.4 is 5.73 Å². The lowest BCUT2D eigenvalue weighted by atomic mass is 10.1. The normalized spacial score (nSPS) is 13.1. The van der Waals surface area contributed by atoms with Crippen molar-refractivity contribution >= 4 is 15.9 Å². The van der Waals surface area contributed by atoms with E-state index in [-0.39, 0.29) is 10.0 Å². The van der Waals surface area contributed by atoms with Crippen LogP contribution >= 0.6 is 15.9 Å². The van der Waals surface area contributed by atoms with Crippen LogP contribution in [0.1, 0.15) is 18.5 Å². The summed E-state index contributed by atoms with van der Waals surface area (Å²) in [6.07, 6.45) is 0. The molecular weight excluding hydrogens is 247 g/mol. The summed E-state index contributed by atoms with van der Waals surface area (Å²) in [4.78, 5) is 0. The van der Waals surface area contributed by atoms with Crippen LogP contribution in [0.3, 0.4) is 0 Å². The fraction of sp³-hybridized carbons (Fsp3) is 0.250. The molecule has 1 rings (SSSR count). The van der Waals surface area contributed by atoms with Crippen molar-refractivity contribution in [3.8, 4) is 0 Å². The predicted octanol–water partition coefficient (Wildman–Crippen LogP) is 2.89. The lowest BCUT2D eigenvalue weighted by molar-refractivity contribution is 0.436. The summed E-state index contributed by atoms with van der Waals surface area (Å²) in [5, 5.41) is 0. The van der Waals surface area contributed by atoms with Crippen LogP contribution in [0.5, 0.6) is 0 Å². The molecule has 0 amide bonds. The van der Waals surface area contributed by atoms with Crippen molar-refractivity contribution in [2.75, 3.05) is 0 Å². The average molecular weight is 254 g/mol. The Labute approximate surface area is 81.9 Å². The molecule has 13 heavy (non-hydrogen) atoms. The highest BCUT2D eigenvalue weighted by atomic mass is 79.9. The van der Waals surface area contributed by atoms with Gasteiger partial charge in [-0.3, -0.25) is 0 Å². The number of rotatable bonds is 1. The molecule has 0 aromatic heterocycles. The van der Waals surface area contributed by atoms with Gasteiger partial charge in [0.2, 0.25) is 0 Å². The first-order valence-corrected chi connectivity index (χ1v) is 4.33. The molecule has 0 spiro atoms. The maximum absolute atomic E-state index is 13.0. The molecule has 0 fully saturated rings. The molecule has 1 atom stereocenters. The van der Waals surface area contributed by atoms with Crippen molar-refractivity contribution in [1.82, 2.24) is 0 Å². The Morgan fingerprint density at radius 1 is 1.31 bits per heavy atom. The molecule has 0 heterocycles. The highest BCUT2D eigenvalue weighted by Crippen LogP contribution is 2.28. The van der Waals surface area contributed by atoms with E-state index in [9.17, 15) is 13.2 Å². The Hall–Kier alpha value is -0.550. The van der Waals surface area contributed by atoms with Gasteiger partial charge >= 0.3 is 0 Å². The molecule has 0 aliphatic heterocycles. The minimum absolute atomic E-state index is 0.0566. The van der Waals surface area contributed by atoms with E-state index >= 15 is 0 Å². The summed E-state index contributed by atoms with van der Waals surface area (Å²) in [7, 11) is 0. The summed E-state index contributed by atoms with van der Waals surface area (Å²) < 4.78 is 38.5. The van der Waals surface area contributed by atoms with E-state index < -0.39 is 23.5 Å². The van der Waals surface area contributed by atoms with E-state index in [1.807, 2.05) is 0 Å². The van der Waals surface area contributed by atoms with E-state index in [1.165, 1.54) is 6.92 Å². The third-order valence-electron chi connectivity index (χ3n) is 1.60. The first kappa shape index (κ1) is 10.5. The zero-order valence-corrected chi connectivity index (χ0v) is 8.33. The molecule has 0 radical (unpaired) electrons. The van der Waals surface area contributed by atoms with E-state index in [4.69, 9.17) is 5.73 Å². The first-order chi connectivity index (χ1) is 5.95. The summed E-state index contributed by atoms with van der Waals surface area (Å²) in [6.45, 7) is 1.49. The molecule has 0 aliphatic carbocycles. The van der Waals surface area contributed by atoms with E-state index in [2.05, 4.69) is 15.9 Å². The Morgan fingerprint density at radius 3 is 2.31 bits per heavy atom. The van der Waals surface area contributed by atoms with Gasteiger partial charge in [0.25, 0.3) is 0 Å². The maximum Gasteiger partial charge on any atom is 0.194 e. The van der Waals surface area contributed by atoms with Gasteiger partial charge in [-0.25, -0.2) is 13.2 Å². The van der Waals surface area contributed by atoms with Gasteiger partial charge in [0.1, 0.15) is 0 Å². The van der Waals surface area contributed by atoms with Gasteiger partial charge in [0.05, 0.1) is 0 Å². The van der Waals surface area contributed by atoms with E-state index in [1.54, 1.807) is 0 Å². The molecule has 1 aromatic carbocycles. The molecule has 0 saturated carbocycles. The predicted molar refractivity (Wildman–Crippen MR) is 46.6 cm³/mol. The largest absolute Gasteiger partial charge is 0.324 e. The van der Waals surface area contributed by atoms with Gasteiger partial charge in [-0.1, -0.05) is 15.9 Å². The third-order valence-corrected chi connectivity index (χ3v) is 2.26. The van der Waals surface area contributed by atoms with Crippen LogP contribution in [0, 0.1) is 17.5 Å². The summed E-state index contributed by atoms with van der Waals surface area (Å²) >= 11 is 2.91. The monoisotopic (exact) mass is 253 g/mol. The molecule has 72 valence electrons. The van der Waals surface area contributed by atoms with Gasteiger partial charge in [0, 0.05) is 16.1 Å². The second-order valence-corrected chi connectivity index (χ2v) is 3.52. The number of hydrogen-bond donors (Lipinski definition) is 1. The van der Waals surface area contributed by atoms with Crippen LogP contribution in [0.2, 0.25) is 0 Å². The lowest BCUT2D eigenvalue weighted by Gasteiger charge is -2.10. The summed E-state index contributed by atoms with van der Waals surface area (Å²) in [5.74, 6) is -3.95. The number of benzene rings is 1. The second-order valence-electron chi connectivity index (χ2n) is 2.67.